The highest BCUT2D eigenvalue weighted by molar-refractivity contribution is 7.71. The van der Waals surface area contributed by atoms with Crippen LogP contribution in [-0.4, -0.2) is 20.3 Å². The molecule has 5 rings (SSSR count). The Morgan fingerprint density at radius 3 is 2.72 bits per heavy atom. The number of H-pyrrole nitrogens is 1. The first-order valence-electron chi connectivity index (χ1n) is 9.06. The van der Waals surface area contributed by atoms with Crippen LogP contribution >= 0.6 is 23.8 Å². The molecule has 5 nitrogen and oxygen atoms in total. The van der Waals surface area contributed by atoms with Crippen LogP contribution in [0.25, 0.3) is 27.6 Å². The third-order valence-electron chi connectivity index (χ3n) is 4.89. The topological polar surface area (TPSA) is 62.2 Å². The Morgan fingerprint density at radius 1 is 1.10 bits per heavy atom. The number of imidazole rings is 1. The Balaban J connectivity index is 1.52. The van der Waals surface area contributed by atoms with E-state index in [2.05, 4.69) is 10.3 Å². The number of hydrogen-bond donors (Lipinski definition) is 2. The van der Waals surface area contributed by atoms with E-state index in [0.717, 1.165) is 33.1 Å². The van der Waals surface area contributed by atoms with E-state index in [1.54, 1.807) is 18.2 Å². The van der Waals surface area contributed by atoms with Gasteiger partial charge in [-0.2, -0.15) is 0 Å². The molecule has 0 aliphatic carbocycles. The fraction of sp³-hybridized carbons (Fsp3) is 0.0455. The van der Waals surface area contributed by atoms with Gasteiger partial charge in [0, 0.05) is 22.5 Å². The fourth-order valence-corrected chi connectivity index (χ4v) is 3.87. The molecule has 0 spiro atoms. The molecule has 2 heterocycles. The predicted octanol–water partition coefficient (Wildman–Crippen LogP) is 5.28. The molecule has 0 aliphatic rings. The molecule has 0 bridgehead atoms. The van der Waals surface area contributed by atoms with Crippen molar-refractivity contribution >= 4 is 57.3 Å². The van der Waals surface area contributed by atoms with Crippen LogP contribution in [-0.2, 0) is 6.54 Å². The van der Waals surface area contributed by atoms with Gasteiger partial charge in [-0.15, -0.1) is 0 Å². The van der Waals surface area contributed by atoms with Gasteiger partial charge in [0.1, 0.15) is 5.65 Å². The van der Waals surface area contributed by atoms with E-state index >= 15 is 0 Å². The zero-order valence-corrected chi connectivity index (χ0v) is 16.7. The van der Waals surface area contributed by atoms with E-state index in [1.807, 2.05) is 52.9 Å². The lowest BCUT2D eigenvalue weighted by Crippen LogP contribution is -2.22. The van der Waals surface area contributed by atoms with Crippen LogP contribution in [0.2, 0.25) is 5.02 Å². The maximum Gasteiger partial charge on any atom is 0.251 e. The quantitative estimate of drug-likeness (QED) is 0.392. The minimum absolute atomic E-state index is 0.158. The van der Waals surface area contributed by atoms with Crippen molar-refractivity contribution in [2.24, 2.45) is 0 Å². The highest BCUT2D eigenvalue weighted by Crippen LogP contribution is 2.24. The number of para-hydroxylation sites is 2. The molecule has 0 atom stereocenters. The number of rotatable bonds is 3. The van der Waals surface area contributed by atoms with Crippen LogP contribution in [0.3, 0.4) is 0 Å². The zero-order chi connectivity index (χ0) is 20.0. The minimum Gasteiger partial charge on any atom is -0.348 e. The van der Waals surface area contributed by atoms with Crippen molar-refractivity contribution in [3.63, 3.8) is 0 Å². The monoisotopic (exact) mass is 418 g/mol. The lowest BCUT2D eigenvalue weighted by atomic mass is 10.1. The summed E-state index contributed by atoms with van der Waals surface area (Å²) in [5.74, 6) is -0.158. The number of fused-ring (bicyclic) bond motifs is 5. The maximum atomic E-state index is 12.6. The number of nitrogens with zero attached hydrogens (tertiary/aromatic N) is 2. The van der Waals surface area contributed by atoms with Crippen molar-refractivity contribution in [1.82, 2.24) is 19.7 Å². The molecule has 0 radical (unpaired) electrons. The highest BCUT2D eigenvalue weighted by Gasteiger charge is 2.12. The molecule has 0 saturated carbocycles. The average Bonchev–Trinajstić information content (AvgIpc) is 3.13. The van der Waals surface area contributed by atoms with Gasteiger partial charge in [0.15, 0.2) is 4.77 Å². The fourth-order valence-electron chi connectivity index (χ4n) is 3.45. The third-order valence-corrected chi connectivity index (χ3v) is 5.43. The van der Waals surface area contributed by atoms with E-state index in [-0.39, 0.29) is 5.91 Å². The number of aromatic nitrogens is 3. The number of halogens is 1. The summed E-state index contributed by atoms with van der Waals surface area (Å²) in [5, 5.41) is 4.51. The summed E-state index contributed by atoms with van der Waals surface area (Å²) in [6, 6.07) is 20.8. The Hall–Kier alpha value is -3.22. The predicted molar refractivity (Wildman–Crippen MR) is 118 cm³/mol. The van der Waals surface area contributed by atoms with Crippen LogP contribution < -0.4 is 5.32 Å². The van der Waals surface area contributed by atoms with Gasteiger partial charge >= 0.3 is 0 Å². The average molecular weight is 419 g/mol. The van der Waals surface area contributed by atoms with Gasteiger partial charge in [-0.05, 0) is 60.2 Å². The van der Waals surface area contributed by atoms with Gasteiger partial charge < -0.3 is 10.3 Å². The second-order valence-corrected chi connectivity index (χ2v) is 7.58. The highest BCUT2D eigenvalue weighted by atomic mass is 35.5. The standard InChI is InChI=1S/C22H15ClN4OS/c23-15-8-5-13(6-9-15)12-24-21(28)14-7-10-16-18(11-14)26-22(29)27-19-4-2-1-3-17(19)25-20(16)27/h1-11H,12H2,(H,24,28)(H,26,29). The third kappa shape index (κ3) is 3.16. The lowest BCUT2D eigenvalue weighted by molar-refractivity contribution is 0.0951. The molecule has 0 saturated heterocycles. The van der Waals surface area contributed by atoms with E-state index in [4.69, 9.17) is 28.8 Å². The minimum atomic E-state index is -0.158. The summed E-state index contributed by atoms with van der Waals surface area (Å²) in [6.45, 7) is 0.425. The van der Waals surface area contributed by atoms with E-state index in [9.17, 15) is 4.79 Å². The van der Waals surface area contributed by atoms with Crippen molar-refractivity contribution in [1.29, 1.82) is 0 Å². The van der Waals surface area contributed by atoms with Crippen LogP contribution in [0.1, 0.15) is 15.9 Å². The molecule has 2 aromatic heterocycles. The molecule has 5 aromatic rings. The van der Waals surface area contributed by atoms with E-state index < -0.39 is 0 Å². The van der Waals surface area contributed by atoms with Crippen LogP contribution in [0.5, 0.6) is 0 Å². The largest absolute Gasteiger partial charge is 0.348 e. The van der Waals surface area contributed by atoms with Gasteiger partial charge in [-0.1, -0.05) is 35.9 Å². The van der Waals surface area contributed by atoms with Crippen molar-refractivity contribution in [2.45, 2.75) is 6.54 Å². The first kappa shape index (κ1) is 17.8. The van der Waals surface area contributed by atoms with Gasteiger partial charge in [0.05, 0.1) is 16.6 Å². The van der Waals surface area contributed by atoms with Crippen LogP contribution in [0, 0.1) is 4.77 Å². The molecule has 0 unspecified atom stereocenters. The number of benzene rings is 3. The van der Waals surface area contributed by atoms with E-state index in [0.29, 0.717) is 21.9 Å². The Kier molecular flexibility index (Phi) is 4.30. The molecule has 0 fully saturated rings. The van der Waals surface area contributed by atoms with Crippen molar-refractivity contribution < 1.29 is 4.79 Å². The van der Waals surface area contributed by atoms with Crippen molar-refractivity contribution in [2.75, 3.05) is 0 Å². The summed E-state index contributed by atoms with van der Waals surface area (Å²) < 4.78 is 2.47. The van der Waals surface area contributed by atoms with Crippen molar-refractivity contribution in [3.8, 4) is 0 Å². The molecule has 142 valence electrons. The number of carbonyl (C=O) groups excluding carboxylic acids is 1. The second-order valence-electron chi connectivity index (χ2n) is 6.76. The molecule has 1 amide bonds. The number of amides is 1. The lowest BCUT2D eigenvalue weighted by Gasteiger charge is -2.08. The smallest absolute Gasteiger partial charge is 0.251 e. The zero-order valence-electron chi connectivity index (χ0n) is 15.1. The van der Waals surface area contributed by atoms with Crippen molar-refractivity contribution in [3.05, 3.63) is 87.7 Å². The van der Waals surface area contributed by atoms with Gasteiger partial charge in [0.2, 0.25) is 0 Å². The Morgan fingerprint density at radius 2 is 1.90 bits per heavy atom. The Labute approximate surface area is 176 Å². The van der Waals surface area contributed by atoms with Crippen LogP contribution in [0.15, 0.2) is 66.7 Å². The molecular weight excluding hydrogens is 404 g/mol. The summed E-state index contributed by atoms with van der Waals surface area (Å²) in [6.07, 6.45) is 0. The summed E-state index contributed by atoms with van der Waals surface area (Å²) in [5.41, 5.74) is 4.92. The number of aromatic amines is 1. The number of nitrogens with one attached hydrogen (secondary N) is 2. The molecule has 3 aromatic carbocycles. The number of hydrogen-bond acceptors (Lipinski definition) is 3. The second kappa shape index (κ2) is 6.99. The molecule has 7 heteroatoms. The summed E-state index contributed by atoms with van der Waals surface area (Å²) in [4.78, 5) is 20.6. The first-order chi connectivity index (χ1) is 14.1. The molecule has 29 heavy (non-hydrogen) atoms. The Bertz CT molecular complexity index is 1450. The van der Waals surface area contributed by atoms with E-state index in [1.165, 1.54) is 0 Å². The summed E-state index contributed by atoms with van der Waals surface area (Å²) >= 11 is 11.5. The maximum absolute atomic E-state index is 12.6. The van der Waals surface area contributed by atoms with Gasteiger partial charge in [-0.3, -0.25) is 9.20 Å². The molecule has 2 N–H and O–H groups in total. The van der Waals surface area contributed by atoms with Crippen LogP contribution in [0.4, 0.5) is 0 Å². The molecule has 0 aliphatic heterocycles. The number of carbonyl (C=O) groups is 1. The SMILES string of the molecule is O=C(NCc1ccc(Cl)cc1)c1ccc2c(c1)[nH]c(=S)n1c3ccccc3nc21. The summed E-state index contributed by atoms with van der Waals surface area (Å²) in [7, 11) is 0. The molecular formula is C22H15ClN4OS. The normalized spacial score (nSPS) is 11.3. The van der Waals surface area contributed by atoms with Gasteiger partial charge in [0.25, 0.3) is 5.91 Å². The van der Waals surface area contributed by atoms with Gasteiger partial charge in [-0.25, -0.2) is 4.98 Å². The first-order valence-corrected chi connectivity index (χ1v) is 9.85.